The SMILES string of the molecule is CCN(CC)c1cc(NCc2ccc(C(F)(F)F)cc2)ccc1NC(=O)CCCC[C@@H](F)CF. The lowest BCUT2D eigenvalue weighted by Gasteiger charge is -2.25. The molecule has 188 valence electrons. The van der Waals surface area contributed by atoms with Gasteiger partial charge in [0.25, 0.3) is 0 Å². The second-order valence-corrected chi connectivity index (χ2v) is 8.00. The first-order valence-corrected chi connectivity index (χ1v) is 11.5. The molecule has 0 heterocycles. The van der Waals surface area contributed by atoms with Crippen LogP contribution in [0.2, 0.25) is 0 Å². The van der Waals surface area contributed by atoms with E-state index in [0.717, 1.165) is 23.5 Å². The summed E-state index contributed by atoms with van der Waals surface area (Å²) in [6.07, 6.45) is -4.61. The van der Waals surface area contributed by atoms with Crippen LogP contribution in [0.4, 0.5) is 39.0 Å². The van der Waals surface area contributed by atoms with Gasteiger partial charge in [0, 0.05) is 31.7 Å². The molecule has 2 aromatic carbocycles. The third kappa shape index (κ3) is 8.50. The van der Waals surface area contributed by atoms with Crippen LogP contribution in [0.5, 0.6) is 0 Å². The number of amides is 1. The molecular weight excluding hydrogens is 453 g/mol. The quantitative estimate of drug-likeness (QED) is 0.238. The standard InChI is InChI=1S/C25H32F5N3O/c1-3-33(4-2)23-15-21(31-17-18-9-11-19(12-10-18)25(28,29)30)13-14-22(23)32-24(34)8-6-5-7-20(27)16-26/h9-15,20,31H,3-8,16-17H2,1-2H3,(H,32,34)/t20-/m1/s1. The van der Waals surface area contributed by atoms with Gasteiger partial charge in [-0.2, -0.15) is 13.2 Å². The van der Waals surface area contributed by atoms with Gasteiger partial charge in [0.15, 0.2) is 0 Å². The van der Waals surface area contributed by atoms with Gasteiger partial charge in [0.05, 0.1) is 16.9 Å². The second-order valence-electron chi connectivity index (χ2n) is 8.00. The Morgan fingerprint density at radius 1 is 1.03 bits per heavy atom. The first-order valence-electron chi connectivity index (χ1n) is 11.5. The van der Waals surface area contributed by atoms with Crippen LogP contribution in [0.15, 0.2) is 42.5 Å². The summed E-state index contributed by atoms with van der Waals surface area (Å²) in [7, 11) is 0. The predicted octanol–water partition coefficient (Wildman–Crippen LogP) is 6.97. The molecule has 0 unspecified atom stereocenters. The molecule has 0 aromatic heterocycles. The van der Waals surface area contributed by atoms with Crippen molar-refractivity contribution >= 4 is 23.0 Å². The number of carbonyl (C=O) groups is 1. The Hall–Kier alpha value is -2.84. The summed E-state index contributed by atoms with van der Waals surface area (Å²) in [4.78, 5) is 14.5. The lowest BCUT2D eigenvalue weighted by Crippen LogP contribution is -2.24. The van der Waals surface area contributed by atoms with Crippen LogP contribution in [0.25, 0.3) is 0 Å². The summed E-state index contributed by atoms with van der Waals surface area (Å²) in [6.45, 7) is 4.76. The normalized spacial score (nSPS) is 12.3. The summed E-state index contributed by atoms with van der Waals surface area (Å²) in [5.74, 6) is -0.200. The van der Waals surface area contributed by atoms with Crippen molar-refractivity contribution < 1.29 is 26.7 Å². The van der Waals surface area contributed by atoms with Crippen LogP contribution in [0.3, 0.4) is 0 Å². The molecule has 0 aliphatic heterocycles. The molecule has 0 saturated carbocycles. The van der Waals surface area contributed by atoms with Gasteiger partial charge in [-0.3, -0.25) is 4.79 Å². The predicted molar refractivity (Wildman–Crippen MR) is 127 cm³/mol. The van der Waals surface area contributed by atoms with Crippen molar-refractivity contribution in [2.75, 3.05) is 35.3 Å². The molecule has 0 aliphatic rings. The fraction of sp³-hybridized carbons (Fsp3) is 0.480. The van der Waals surface area contributed by atoms with Gasteiger partial charge < -0.3 is 15.5 Å². The second kappa shape index (κ2) is 13.2. The summed E-state index contributed by atoms with van der Waals surface area (Å²) in [6, 6.07) is 10.5. The number of hydrogen-bond acceptors (Lipinski definition) is 3. The average Bonchev–Trinajstić information content (AvgIpc) is 2.82. The zero-order valence-electron chi connectivity index (χ0n) is 19.5. The van der Waals surface area contributed by atoms with Crippen molar-refractivity contribution in [2.45, 2.75) is 58.4 Å². The molecule has 0 radical (unpaired) electrons. The van der Waals surface area contributed by atoms with E-state index in [1.54, 1.807) is 12.1 Å². The highest BCUT2D eigenvalue weighted by molar-refractivity contribution is 5.95. The smallest absolute Gasteiger partial charge is 0.381 e. The minimum atomic E-state index is -4.37. The van der Waals surface area contributed by atoms with Gasteiger partial charge in [-0.15, -0.1) is 0 Å². The molecule has 9 heteroatoms. The van der Waals surface area contributed by atoms with E-state index in [1.165, 1.54) is 12.1 Å². The molecule has 2 rings (SSSR count). The van der Waals surface area contributed by atoms with E-state index in [4.69, 9.17) is 0 Å². The summed E-state index contributed by atoms with van der Waals surface area (Å²) < 4.78 is 63.4. The minimum Gasteiger partial charge on any atom is -0.381 e. The highest BCUT2D eigenvalue weighted by atomic mass is 19.4. The summed E-state index contributed by atoms with van der Waals surface area (Å²) >= 11 is 0. The molecule has 0 aliphatic carbocycles. The lowest BCUT2D eigenvalue weighted by molar-refractivity contribution is -0.137. The zero-order chi connectivity index (χ0) is 25.1. The molecule has 0 spiro atoms. The molecule has 1 amide bonds. The van der Waals surface area contributed by atoms with Crippen LogP contribution in [-0.4, -0.2) is 31.8 Å². The molecule has 34 heavy (non-hydrogen) atoms. The Morgan fingerprint density at radius 2 is 1.71 bits per heavy atom. The molecule has 2 N–H and O–H groups in total. The van der Waals surface area contributed by atoms with E-state index in [2.05, 4.69) is 15.5 Å². The summed E-state index contributed by atoms with van der Waals surface area (Å²) in [5, 5.41) is 6.11. The maximum atomic E-state index is 13.0. The molecule has 4 nitrogen and oxygen atoms in total. The fourth-order valence-corrected chi connectivity index (χ4v) is 3.53. The number of hydrogen-bond donors (Lipinski definition) is 2. The van der Waals surface area contributed by atoms with E-state index in [1.807, 2.05) is 19.9 Å². The Morgan fingerprint density at radius 3 is 2.29 bits per heavy atom. The molecule has 0 bridgehead atoms. The van der Waals surface area contributed by atoms with Crippen LogP contribution >= 0.6 is 0 Å². The van der Waals surface area contributed by atoms with Gasteiger partial charge in [-0.1, -0.05) is 12.1 Å². The molecule has 1 atom stereocenters. The number of carbonyl (C=O) groups excluding carboxylic acids is 1. The maximum absolute atomic E-state index is 13.0. The number of anilines is 3. The Kier molecular flexibility index (Phi) is 10.6. The summed E-state index contributed by atoms with van der Waals surface area (Å²) in [5.41, 5.74) is 2.24. The maximum Gasteiger partial charge on any atom is 0.416 e. The van der Waals surface area contributed by atoms with Gasteiger partial charge in [-0.05, 0) is 69.0 Å². The average molecular weight is 486 g/mol. The van der Waals surface area contributed by atoms with Crippen molar-refractivity contribution in [3.05, 3.63) is 53.6 Å². The van der Waals surface area contributed by atoms with E-state index < -0.39 is 24.6 Å². The molecule has 0 saturated heterocycles. The first kappa shape index (κ1) is 27.4. The highest BCUT2D eigenvalue weighted by Gasteiger charge is 2.29. The zero-order valence-corrected chi connectivity index (χ0v) is 19.5. The number of nitrogens with zero attached hydrogens (tertiary/aromatic N) is 1. The Labute approximate surface area is 197 Å². The van der Waals surface area contributed by atoms with Crippen LogP contribution in [0, 0.1) is 0 Å². The largest absolute Gasteiger partial charge is 0.416 e. The number of unbranched alkanes of at least 4 members (excludes halogenated alkanes) is 1. The van der Waals surface area contributed by atoms with Gasteiger partial charge in [0.1, 0.15) is 12.8 Å². The fourth-order valence-electron chi connectivity index (χ4n) is 3.53. The van der Waals surface area contributed by atoms with Crippen LogP contribution in [-0.2, 0) is 17.5 Å². The van der Waals surface area contributed by atoms with Gasteiger partial charge >= 0.3 is 6.18 Å². The number of rotatable bonds is 13. The minimum absolute atomic E-state index is 0.105. The van der Waals surface area contributed by atoms with Crippen LogP contribution < -0.4 is 15.5 Å². The van der Waals surface area contributed by atoms with E-state index in [0.29, 0.717) is 43.7 Å². The number of nitrogens with one attached hydrogen (secondary N) is 2. The Bertz CT molecular complexity index is 898. The Balaban J connectivity index is 2.04. The number of benzene rings is 2. The van der Waals surface area contributed by atoms with E-state index >= 15 is 0 Å². The number of halogens is 5. The van der Waals surface area contributed by atoms with Crippen molar-refractivity contribution in [3.63, 3.8) is 0 Å². The van der Waals surface area contributed by atoms with Gasteiger partial charge in [-0.25, -0.2) is 8.78 Å². The number of alkyl halides is 5. The topological polar surface area (TPSA) is 44.4 Å². The van der Waals surface area contributed by atoms with Crippen molar-refractivity contribution in [1.29, 1.82) is 0 Å². The van der Waals surface area contributed by atoms with E-state index in [-0.39, 0.29) is 18.7 Å². The van der Waals surface area contributed by atoms with E-state index in [9.17, 15) is 26.7 Å². The third-order valence-corrected chi connectivity index (χ3v) is 5.49. The molecular formula is C25H32F5N3O. The van der Waals surface area contributed by atoms with Crippen molar-refractivity contribution in [2.24, 2.45) is 0 Å². The van der Waals surface area contributed by atoms with Gasteiger partial charge in [0.2, 0.25) is 5.91 Å². The monoisotopic (exact) mass is 485 g/mol. The molecule has 0 fully saturated rings. The molecule has 2 aromatic rings. The third-order valence-electron chi connectivity index (χ3n) is 5.49. The van der Waals surface area contributed by atoms with Crippen LogP contribution in [0.1, 0.15) is 50.7 Å². The lowest BCUT2D eigenvalue weighted by atomic mass is 10.1. The first-order chi connectivity index (χ1) is 16.2. The highest BCUT2D eigenvalue weighted by Crippen LogP contribution is 2.31. The van der Waals surface area contributed by atoms with Crippen molar-refractivity contribution in [1.82, 2.24) is 0 Å². The van der Waals surface area contributed by atoms with Crippen molar-refractivity contribution in [3.8, 4) is 0 Å².